The van der Waals surface area contributed by atoms with Crippen LogP contribution in [0.1, 0.15) is 27.7 Å². The van der Waals surface area contributed by atoms with E-state index in [1.54, 1.807) is 0 Å². The van der Waals surface area contributed by atoms with Crippen LogP contribution >= 0.6 is 0 Å². The van der Waals surface area contributed by atoms with Crippen LogP contribution in [0.4, 0.5) is 4.79 Å². The van der Waals surface area contributed by atoms with E-state index in [9.17, 15) is 9.59 Å². The number of carboxylic acid groups (broad SMARTS) is 1. The minimum atomic E-state index is -0.881. The summed E-state index contributed by atoms with van der Waals surface area (Å²) in [7, 11) is 3.91. The molecule has 6 nitrogen and oxygen atoms in total. The zero-order chi connectivity index (χ0) is 15.9. The molecule has 0 heterocycles. The maximum atomic E-state index is 11.9. The second-order valence-corrected chi connectivity index (χ2v) is 6.16. The van der Waals surface area contributed by atoms with Crippen LogP contribution < -0.4 is 10.6 Å². The van der Waals surface area contributed by atoms with Gasteiger partial charge in [-0.2, -0.15) is 0 Å². The number of hydrogen-bond acceptors (Lipinski definition) is 3. The van der Waals surface area contributed by atoms with Crippen LogP contribution in [-0.4, -0.2) is 55.2 Å². The first kappa shape index (κ1) is 18.7. The van der Waals surface area contributed by atoms with E-state index < -0.39 is 11.9 Å². The SMILES string of the molecule is CC(C)C(CN(C)C)NC(=O)NCC(C(=O)O)C(C)C. The number of nitrogens with one attached hydrogen (secondary N) is 2. The lowest BCUT2D eigenvalue weighted by Gasteiger charge is -2.26. The average molecular weight is 287 g/mol. The van der Waals surface area contributed by atoms with Gasteiger partial charge in [0.05, 0.1) is 5.92 Å². The Labute approximate surface area is 121 Å². The van der Waals surface area contributed by atoms with Crippen molar-refractivity contribution in [3.05, 3.63) is 0 Å². The Kier molecular flexibility index (Phi) is 8.22. The van der Waals surface area contributed by atoms with Crippen molar-refractivity contribution >= 4 is 12.0 Å². The van der Waals surface area contributed by atoms with Gasteiger partial charge in [0.15, 0.2) is 0 Å². The maximum absolute atomic E-state index is 11.9. The van der Waals surface area contributed by atoms with Gasteiger partial charge in [-0.15, -0.1) is 0 Å². The predicted molar refractivity (Wildman–Crippen MR) is 79.7 cm³/mol. The Morgan fingerprint density at radius 3 is 2.00 bits per heavy atom. The van der Waals surface area contributed by atoms with Crippen molar-refractivity contribution in [3.63, 3.8) is 0 Å². The fourth-order valence-electron chi connectivity index (χ4n) is 1.85. The molecule has 118 valence electrons. The number of urea groups is 1. The Hall–Kier alpha value is -1.30. The molecule has 0 spiro atoms. The molecule has 3 N–H and O–H groups in total. The van der Waals surface area contributed by atoms with E-state index in [2.05, 4.69) is 10.6 Å². The molecule has 0 aromatic heterocycles. The topological polar surface area (TPSA) is 81.7 Å². The molecule has 2 unspecified atom stereocenters. The smallest absolute Gasteiger partial charge is 0.315 e. The maximum Gasteiger partial charge on any atom is 0.315 e. The monoisotopic (exact) mass is 287 g/mol. The molecule has 0 aliphatic carbocycles. The summed E-state index contributed by atoms with van der Waals surface area (Å²) < 4.78 is 0. The molecule has 0 aliphatic rings. The quantitative estimate of drug-likeness (QED) is 0.627. The summed E-state index contributed by atoms with van der Waals surface area (Å²) in [5, 5.41) is 14.6. The summed E-state index contributed by atoms with van der Waals surface area (Å²) in [6.45, 7) is 8.65. The van der Waals surface area contributed by atoms with Crippen molar-refractivity contribution in [2.24, 2.45) is 17.8 Å². The number of hydrogen-bond donors (Lipinski definition) is 3. The Bertz CT molecular complexity index is 317. The van der Waals surface area contributed by atoms with Gasteiger partial charge >= 0.3 is 12.0 Å². The van der Waals surface area contributed by atoms with Gasteiger partial charge in [-0.25, -0.2) is 4.79 Å². The van der Waals surface area contributed by atoms with E-state index in [1.807, 2.05) is 46.7 Å². The molecule has 0 saturated carbocycles. The van der Waals surface area contributed by atoms with E-state index >= 15 is 0 Å². The molecular weight excluding hydrogens is 258 g/mol. The van der Waals surface area contributed by atoms with Crippen molar-refractivity contribution in [2.45, 2.75) is 33.7 Å². The molecule has 0 fully saturated rings. The third-order valence-electron chi connectivity index (χ3n) is 3.29. The predicted octanol–water partition coefficient (Wildman–Crippen LogP) is 1.23. The number of likely N-dealkylation sites (N-methyl/N-ethyl adjacent to an activating group) is 1. The third kappa shape index (κ3) is 7.33. The van der Waals surface area contributed by atoms with E-state index in [4.69, 9.17) is 5.11 Å². The minimum absolute atomic E-state index is 0.0181. The summed E-state index contributed by atoms with van der Waals surface area (Å²) in [5.41, 5.74) is 0. The van der Waals surface area contributed by atoms with Gasteiger partial charge in [0.2, 0.25) is 0 Å². The lowest BCUT2D eigenvalue weighted by molar-refractivity contribution is -0.142. The van der Waals surface area contributed by atoms with Gasteiger partial charge in [-0.3, -0.25) is 4.79 Å². The van der Waals surface area contributed by atoms with Crippen molar-refractivity contribution < 1.29 is 14.7 Å². The van der Waals surface area contributed by atoms with Crippen LogP contribution in [0.5, 0.6) is 0 Å². The molecule has 0 aromatic carbocycles. The van der Waals surface area contributed by atoms with Gasteiger partial charge in [-0.1, -0.05) is 27.7 Å². The molecule has 2 amide bonds. The highest BCUT2D eigenvalue weighted by atomic mass is 16.4. The van der Waals surface area contributed by atoms with Crippen molar-refractivity contribution in [2.75, 3.05) is 27.2 Å². The first-order chi connectivity index (χ1) is 9.15. The standard InChI is InChI=1S/C14H29N3O3/c1-9(2)11(13(18)19)7-15-14(20)16-12(10(3)4)8-17(5)6/h9-12H,7-8H2,1-6H3,(H,18,19)(H2,15,16,20). The number of carboxylic acids is 1. The summed E-state index contributed by atoms with van der Waals surface area (Å²) in [5.74, 6) is -1.15. The van der Waals surface area contributed by atoms with Crippen molar-refractivity contribution in [1.82, 2.24) is 15.5 Å². The lowest BCUT2D eigenvalue weighted by Crippen LogP contribution is -2.50. The van der Waals surface area contributed by atoms with E-state index in [0.29, 0.717) is 5.92 Å². The van der Waals surface area contributed by atoms with Crippen LogP contribution in [0.25, 0.3) is 0 Å². The number of carbonyl (C=O) groups is 2. The zero-order valence-electron chi connectivity index (χ0n) is 13.4. The average Bonchev–Trinajstić information content (AvgIpc) is 2.26. The number of nitrogens with zero attached hydrogens (tertiary/aromatic N) is 1. The van der Waals surface area contributed by atoms with Crippen molar-refractivity contribution in [1.29, 1.82) is 0 Å². The summed E-state index contributed by atoms with van der Waals surface area (Å²) in [6, 6.07) is -0.273. The summed E-state index contributed by atoms with van der Waals surface area (Å²) in [6.07, 6.45) is 0. The van der Waals surface area contributed by atoms with Gasteiger partial charge in [0.1, 0.15) is 0 Å². The molecule has 0 radical (unpaired) electrons. The molecule has 0 saturated heterocycles. The van der Waals surface area contributed by atoms with Crippen molar-refractivity contribution in [3.8, 4) is 0 Å². The summed E-state index contributed by atoms with van der Waals surface area (Å²) in [4.78, 5) is 24.9. The molecular formula is C14H29N3O3. The highest BCUT2D eigenvalue weighted by Gasteiger charge is 2.23. The fraction of sp³-hybridized carbons (Fsp3) is 0.857. The van der Waals surface area contributed by atoms with Crippen LogP contribution in [-0.2, 0) is 4.79 Å². The van der Waals surface area contributed by atoms with Crippen LogP contribution in [0, 0.1) is 17.8 Å². The number of amides is 2. The van der Waals surface area contributed by atoms with E-state index in [1.165, 1.54) is 0 Å². The second-order valence-electron chi connectivity index (χ2n) is 6.16. The molecule has 0 bridgehead atoms. The Morgan fingerprint density at radius 2 is 1.65 bits per heavy atom. The van der Waals surface area contributed by atoms with Gasteiger partial charge in [0.25, 0.3) is 0 Å². The van der Waals surface area contributed by atoms with Gasteiger partial charge in [0, 0.05) is 19.1 Å². The normalized spacial score (nSPS) is 14.4. The molecule has 0 aliphatic heterocycles. The Morgan fingerprint density at radius 1 is 1.10 bits per heavy atom. The Balaban J connectivity index is 4.35. The first-order valence-corrected chi connectivity index (χ1v) is 7.07. The minimum Gasteiger partial charge on any atom is -0.481 e. The van der Waals surface area contributed by atoms with Crippen LogP contribution in [0.3, 0.4) is 0 Å². The van der Waals surface area contributed by atoms with Gasteiger partial charge in [-0.05, 0) is 25.9 Å². The highest BCUT2D eigenvalue weighted by molar-refractivity contribution is 5.76. The largest absolute Gasteiger partial charge is 0.481 e. The highest BCUT2D eigenvalue weighted by Crippen LogP contribution is 2.09. The molecule has 6 heteroatoms. The summed E-state index contributed by atoms with van der Waals surface area (Å²) >= 11 is 0. The fourth-order valence-corrected chi connectivity index (χ4v) is 1.85. The van der Waals surface area contributed by atoms with Crippen LogP contribution in [0.2, 0.25) is 0 Å². The molecule has 20 heavy (non-hydrogen) atoms. The van der Waals surface area contributed by atoms with Crippen LogP contribution in [0.15, 0.2) is 0 Å². The van der Waals surface area contributed by atoms with Gasteiger partial charge < -0.3 is 20.6 Å². The second kappa shape index (κ2) is 8.79. The third-order valence-corrected chi connectivity index (χ3v) is 3.29. The van der Waals surface area contributed by atoms with E-state index in [0.717, 1.165) is 6.54 Å². The zero-order valence-corrected chi connectivity index (χ0v) is 13.4. The number of aliphatic carboxylic acids is 1. The number of carbonyl (C=O) groups excluding carboxylic acids is 1. The molecule has 0 aromatic rings. The molecule has 2 atom stereocenters. The lowest BCUT2D eigenvalue weighted by atomic mass is 9.96. The van der Waals surface area contributed by atoms with E-state index in [-0.39, 0.29) is 24.5 Å². The number of rotatable bonds is 8. The first-order valence-electron chi connectivity index (χ1n) is 7.07. The molecule has 0 rings (SSSR count).